The van der Waals surface area contributed by atoms with Crippen molar-refractivity contribution in [1.82, 2.24) is 14.3 Å². The molecule has 31 heavy (non-hydrogen) atoms. The first-order valence-corrected chi connectivity index (χ1v) is 10.5. The number of carbonyl (C=O) groups is 1. The lowest BCUT2D eigenvalue weighted by Crippen LogP contribution is -2.38. The predicted octanol–water partition coefficient (Wildman–Crippen LogP) is 2.58. The zero-order chi connectivity index (χ0) is 21.4. The number of benzene rings is 1. The molecule has 2 aliphatic heterocycles. The topological polar surface area (TPSA) is 85.2 Å². The molecule has 0 atom stereocenters. The number of rotatable bonds is 4. The Morgan fingerprint density at radius 1 is 1.13 bits per heavy atom. The van der Waals surface area contributed by atoms with E-state index < -0.39 is 0 Å². The number of aryl methyl sites for hydroxylation is 1. The van der Waals surface area contributed by atoms with Gasteiger partial charge in [-0.3, -0.25) is 18.9 Å². The molecule has 1 amide bonds. The van der Waals surface area contributed by atoms with Crippen LogP contribution < -0.4 is 20.3 Å². The summed E-state index contributed by atoms with van der Waals surface area (Å²) in [6.45, 7) is 4.34. The summed E-state index contributed by atoms with van der Waals surface area (Å²) in [4.78, 5) is 32.0. The number of ether oxygens (including phenoxy) is 2. The van der Waals surface area contributed by atoms with Crippen molar-refractivity contribution in [3.63, 3.8) is 0 Å². The van der Waals surface area contributed by atoms with E-state index in [-0.39, 0.29) is 24.2 Å². The SMILES string of the molecule is Cc1ccc2nc(CN3CCC(C(=O)Nc4ccc5c(c4)OCO5)CC3)cc(=O)n2c1. The van der Waals surface area contributed by atoms with E-state index in [1.807, 2.05) is 25.1 Å². The van der Waals surface area contributed by atoms with Crippen molar-refractivity contribution in [2.75, 3.05) is 25.2 Å². The molecule has 8 nitrogen and oxygen atoms in total. The predicted molar refractivity (Wildman–Crippen MR) is 115 cm³/mol. The average molecular weight is 420 g/mol. The molecule has 1 fully saturated rings. The van der Waals surface area contributed by atoms with Crippen molar-refractivity contribution in [2.45, 2.75) is 26.3 Å². The summed E-state index contributed by atoms with van der Waals surface area (Å²) in [5.41, 5.74) is 3.09. The van der Waals surface area contributed by atoms with Crippen molar-refractivity contribution in [3.8, 4) is 11.5 Å². The summed E-state index contributed by atoms with van der Waals surface area (Å²) in [7, 11) is 0. The molecule has 3 aromatic rings. The normalized spacial score (nSPS) is 16.5. The van der Waals surface area contributed by atoms with Gasteiger partial charge in [-0.2, -0.15) is 0 Å². The minimum atomic E-state index is -0.0679. The number of pyridine rings is 1. The van der Waals surface area contributed by atoms with E-state index in [2.05, 4.69) is 15.2 Å². The minimum absolute atomic E-state index is 0.0240. The first kappa shape index (κ1) is 19.6. The number of carbonyl (C=O) groups excluding carboxylic acids is 1. The van der Waals surface area contributed by atoms with E-state index >= 15 is 0 Å². The number of aromatic nitrogens is 2. The standard InChI is InChI=1S/C23H24N4O4/c1-15-2-5-21-24-18(11-22(28)27(21)12-15)13-26-8-6-16(7-9-26)23(29)25-17-3-4-19-20(10-17)31-14-30-19/h2-5,10-12,16H,6-9,13-14H2,1H3,(H,25,29). The number of hydrogen-bond donors (Lipinski definition) is 1. The van der Waals surface area contributed by atoms with E-state index in [1.54, 1.807) is 28.8 Å². The molecule has 0 radical (unpaired) electrons. The van der Waals surface area contributed by atoms with E-state index in [1.165, 1.54) is 0 Å². The van der Waals surface area contributed by atoms with Gasteiger partial charge >= 0.3 is 0 Å². The Kier molecular flexibility index (Phi) is 5.07. The van der Waals surface area contributed by atoms with Crippen LogP contribution in [0.1, 0.15) is 24.1 Å². The van der Waals surface area contributed by atoms with Crippen LogP contribution in [-0.4, -0.2) is 40.1 Å². The van der Waals surface area contributed by atoms with Gasteiger partial charge in [0.05, 0.1) is 5.69 Å². The Morgan fingerprint density at radius 2 is 1.94 bits per heavy atom. The minimum Gasteiger partial charge on any atom is -0.454 e. The average Bonchev–Trinajstić information content (AvgIpc) is 3.23. The van der Waals surface area contributed by atoms with E-state index in [9.17, 15) is 9.59 Å². The van der Waals surface area contributed by atoms with Gasteiger partial charge in [0.2, 0.25) is 12.7 Å². The lowest BCUT2D eigenvalue weighted by atomic mass is 9.95. The third-order valence-electron chi connectivity index (χ3n) is 5.84. The molecule has 0 unspecified atom stereocenters. The van der Waals surface area contributed by atoms with E-state index in [0.717, 1.165) is 37.2 Å². The molecule has 0 bridgehead atoms. The molecule has 2 aliphatic rings. The summed E-state index contributed by atoms with van der Waals surface area (Å²) < 4.78 is 12.2. The number of amides is 1. The number of nitrogens with one attached hydrogen (secondary N) is 1. The van der Waals surface area contributed by atoms with Crippen LogP contribution in [0.5, 0.6) is 11.5 Å². The number of hydrogen-bond acceptors (Lipinski definition) is 6. The summed E-state index contributed by atoms with van der Waals surface area (Å²) >= 11 is 0. The highest BCUT2D eigenvalue weighted by Gasteiger charge is 2.26. The zero-order valence-corrected chi connectivity index (χ0v) is 17.3. The van der Waals surface area contributed by atoms with Gasteiger partial charge in [-0.25, -0.2) is 4.98 Å². The lowest BCUT2D eigenvalue weighted by Gasteiger charge is -2.31. The van der Waals surface area contributed by atoms with Crippen molar-refractivity contribution in [3.05, 3.63) is 64.2 Å². The number of fused-ring (bicyclic) bond motifs is 2. The van der Waals surface area contributed by atoms with Crippen LogP contribution in [0.3, 0.4) is 0 Å². The quantitative estimate of drug-likeness (QED) is 0.698. The molecule has 1 saturated heterocycles. The van der Waals surface area contributed by atoms with Crippen molar-refractivity contribution >= 4 is 17.2 Å². The molecule has 1 aromatic carbocycles. The van der Waals surface area contributed by atoms with Crippen LogP contribution in [0.4, 0.5) is 5.69 Å². The van der Waals surface area contributed by atoms with Crippen molar-refractivity contribution in [1.29, 1.82) is 0 Å². The van der Waals surface area contributed by atoms with Crippen LogP contribution in [0, 0.1) is 12.8 Å². The van der Waals surface area contributed by atoms with Gasteiger partial charge in [-0.15, -0.1) is 0 Å². The Hall–Kier alpha value is -3.39. The van der Waals surface area contributed by atoms with Crippen LogP contribution in [-0.2, 0) is 11.3 Å². The third-order valence-corrected chi connectivity index (χ3v) is 5.84. The molecule has 0 saturated carbocycles. The molecule has 160 valence electrons. The monoisotopic (exact) mass is 420 g/mol. The fraction of sp³-hybridized carbons (Fsp3) is 0.348. The van der Waals surface area contributed by atoms with Gasteiger partial charge in [0.15, 0.2) is 11.5 Å². The summed E-state index contributed by atoms with van der Waals surface area (Å²) in [5.74, 6) is 1.33. The van der Waals surface area contributed by atoms with Gasteiger partial charge in [-0.1, -0.05) is 6.07 Å². The molecule has 1 N–H and O–H groups in total. The number of nitrogens with zero attached hydrogens (tertiary/aromatic N) is 3. The van der Waals surface area contributed by atoms with E-state index in [0.29, 0.717) is 29.4 Å². The van der Waals surface area contributed by atoms with Gasteiger partial charge in [-0.05, 0) is 56.6 Å². The first-order chi connectivity index (χ1) is 15.0. The maximum absolute atomic E-state index is 12.7. The summed E-state index contributed by atoms with van der Waals surface area (Å²) in [5, 5.41) is 2.99. The van der Waals surface area contributed by atoms with Gasteiger partial charge in [0.1, 0.15) is 5.65 Å². The lowest BCUT2D eigenvalue weighted by molar-refractivity contribution is -0.121. The van der Waals surface area contributed by atoms with Crippen molar-refractivity contribution in [2.24, 2.45) is 5.92 Å². The maximum Gasteiger partial charge on any atom is 0.258 e. The van der Waals surface area contributed by atoms with Gasteiger partial charge in [0.25, 0.3) is 5.56 Å². The Bertz CT molecular complexity index is 1200. The number of anilines is 1. The molecule has 5 rings (SSSR count). The Morgan fingerprint density at radius 3 is 2.77 bits per heavy atom. The van der Waals surface area contributed by atoms with Gasteiger partial charge < -0.3 is 14.8 Å². The Balaban J connectivity index is 1.19. The summed E-state index contributed by atoms with van der Waals surface area (Å²) in [6, 6.07) is 10.8. The number of piperidine rings is 1. The molecule has 2 aromatic heterocycles. The largest absolute Gasteiger partial charge is 0.454 e. The second-order valence-corrected chi connectivity index (χ2v) is 8.13. The molecule has 4 heterocycles. The van der Waals surface area contributed by atoms with Crippen LogP contribution in [0.2, 0.25) is 0 Å². The highest BCUT2D eigenvalue weighted by Crippen LogP contribution is 2.34. The molecule has 0 aliphatic carbocycles. The third kappa shape index (κ3) is 4.11. The van der Waals surface area contributed by atoms with E-state index in [4.69, 9.17) is 9.47 Å². The first-order valence-electron chi connectivity index (χ1n) is 10.5. The van der Waals surface area contributed by atoms with Crippen LogP contribution in [0.25, 0.3) is 5.65 Å². The zero-order valence-electron chi connectivity index (χ0n) is 17.3. The fourth-order valence-electron chi connectivity index (χ4n) is 4.14. The highest BCUT2D eigenvalue weighted by atomic mass is 16.7. The molecule has 8 heteroatoms. The maximum atomic E-state index is 12.7. The van der Waals surface area contributed by atoms with Crippen molar-refractivity contribution < 1.29 is 14.3 Å². The Labute approximate surface area is 179 Å². The second kappa shape index (κ2) is 8.03. The molecular weight excluding hydrogens is 396 g/mol. The molecular formula is C23H24N4O4. The second-order valence-electron chi connectivity index (χ2n) is 8.13. The summed E-state index contributed by atoms with van der Waals surface area (Å²) in [6.07, 6.45) is 3.34. The highest BCUT2D eigenvalue weighted by molar-refractivity contribution is 5.93. The van der Waals surface area contributed by atoms with Gasteiger partial charge in [0, 0.05) is 36.5 Å². The van der Waals surface area contributed by atoms with Crippen LogP contribution in [0.15, 0.2) is 47.4 Å². The fourth-order valence-corrected chi connectivity index (χ4v) is 4.14. The van der Waals surface area contributed by atoms with Crippen LogP contribution >= 0.6 is 0 Å². The smallest absolute Gasteiger partial charge is 0.258 e. The number of likely N-dealkylation sites (tertiary alicyclic amines) is 1. The molecule has 0 spiro atoms.